The van der Waals surface area contributed by atoms with Gasteiger partial charge in [-0.15, -0.1) is 0 Å². The van der Waals surface area contributed by atoms with Crippen molar-refractivity contribution in [2.45, 2.75) is 60.1 Å². The van der Waals surface area contributed by atoms with Crippen molar-refractivity contribution < 1.29 is 9.53 Å². The van der Waals surface area contributed by atoms with Gasteiger partial charge in [0.15, 0.2) is 5.15 Å². The van der Waals surface area contributed by atoms with Gasteiger partial charge in [0.05, 0.1) is 5.52 Å². The summed E-state index contributed by atoms with van der Waals surface area (Å²) in [7, 11) is 0. The Kier molecular flexibility index (Phi) is 5.05. The topological polar surface area (TPSA) is 58.2 Å². The Morgan fingerprint density at radius 1 is 1.23 bits per heavy atom. The van der Waals surface area contributed by atoms with Crippen LogP contribution in [0.15, 0.2) is 18.2 Å². The van der Waals surface area contributed by atoms with Gasteiger partial charge in [0.25, 0.3) is 0 Å². The van der Waals surface area contributed by atoms with Crippen LogP contribution in [0.4, 0.5) is 4.79 Å². The van der Waals surface area contributed by atoms with Crippen molar-refractivity contribution in [2.75, 3.05) is 6.54 Å². The van der Waals surface area contributed by atoms with E-state index < -0.39 is 5.60 Å². The number of nitrogens with zero attached hydrogens (tertiary/aromatic N) is 2. The number of aromatic amines is 1. The first-order valence-electron chi connectivity index (χ1n) is 10.3. The predicted molar refractivity (Wildman–Crippen MR) is 121 cm³/mol. The lowest BCUT2D eigenvalue weighted by Gasteiger charge is -2.32. The van der Waals surface area contributed by atoms with E-state index in [1.165, 1.54) is 16.7 Å². The highest BCUT2D eigenvalue weighted by Gasteiger charge is 2.28. The number of halogens is 1. The summed E-state index contributed by atoms with van der Waals surface area (Å²) in [5.74, 6) is 0. The standard InChI is InChI=1S/C24H28ClN3O2/c1-13-14(2)26-21-19(13)20(15(3)27-22(21)25)18-9-7-8-16-12-28(11-10-17(16)18)23(29)30-24(4,5)6/h7-9,26H,10-12H2,1-6H3. The number of hydrogen-bond donors (Lipinski definition) is 1. The van der Waals surface area contributed by atoms with Crippen LogP contribution in [0.3, 0.4) is 0 Å². The first kappa shape index (κ1) is 20.7. The molecule has 1 N–H and O–H groups in total. The van der Waals surface area contributed by atoms with Crippen LogP contribution in [0, 0.1) is 20.8 Å². The molecule has 1 aliphatic heterocycles. The second kappa shape index (κ2) is 7.31. The van der Waals surface area contributed by atoms with Gasteiger partial charge >= 0.3 is 6.09 Å². The second-order valence-electron chi connectivity index (χ2n) is 9.08. The van der Waals surface area contributed by atoms with Crippen molar-refractivity contribution in [1.82, 2.24) is 14.9 Å². The van der Waals surface area contributed by atoms with Crippen LogP contribution in [0.5, 0.6) is 0 Å². The van der Waals surface area contributed by atoms with E-state index >= 15 is 0 Å². The third kappa shape index (κ3) is 3.56. The first-order valence-corrected chi connectivity index (χ1v) is 10.7. The Morgan fingerprint density at radius 2 is 1.97 bits per heavy atom. The zero-order valence-electron chi connectivity index (χ0n) is 18.4. The largest absolute Gasteiger partial charge is 0.444 e. The van der Waals surface area contributed by atoms with Crippen molar-refractivity contribution in [3.63, 3.8) is 0 Å². The van der Waals surface area contributed by atoms with E-state index in [0.29, 0.717) is 18.2 Å². The van der Waals surface area contributed by atoms with Crippen LogP contribution in [0.2, 0.25) is 5.15 Å². The molecule has 0 unspecified atom stereocenters. The highest BCUT2D eigenvalue weighted by molar-refractivity contribution is 6.34. The molecule has 5 nitrogen and oxygen atoms in total. The highest BCUT2D eigenvalue weighted by atomic mass is 35.5. The number of ether oxygens (including phenoxy) is 1. The van der Waals surface area contributed by atoms with E-state index in [0.717, 1.165) is 39.8 Å². The first-order chi connectivity index (χ1) is 14.1. The maximum absolute atomic E-state index is 12.6. The molecule has 0 fully saturated rings. The van der Waals surface area contributed by atoms with Crippen LogP contribution < -0.4 is 0 Å². The lowest BCUT2D eigenvalue weighted by molar-refractivity contribution is 0.0224. The lowest BCUT2D eigenvalue weighted by atomic mass is 9.88. The summed E-state index contributed by atoms with van der Waals surface area (Å²) in [4.78, 5) is 22.4. The van der Waals surface area contributed by atoms with E-state index in [1.54, 1.807) is 4.90 Å². The minimum atomic E-state index is -0.499. The van der Waals surface area contributed by atoms with Crippen molar-refractivity contribution in [3.05, 3.63) is 51.4 Å². The number of fused-ring (bicyclic) bond motifs is 2. The molecule has 0 bridgehead atoms. The Hall–Kier alpha value is -2.53. The number of amides is 1. The number of rotatable bonds is 1. The molecule has 1 amide bonds. The molecule has 1 aromatic carbocycles. The van der Waals surface area contributed by atoms with E-state index in [4.69, 9.17) is 16.3 Å². The van der Waals surface area contributed by atoms with E-state index in [-0.39, 0.29) is 6.09 Å². The van der Waals surface area contributed by atoms with E-state index in [1.807, 2.05) is 27.7 Å². The molecule has 6 heteroatoms. The van der Waals surface area contributed by atoms with Crippen molar-refractivity contribution in [1.29, 1.82) is 0 Å². The molecule has 30 heavy (non-hydrogen) atoms. The molecule has 0 atom stereocenters. The number of carbonyl (C=O) groups excluding carboxylic acids is 1. The molecule has 0 radical (unpaired) electrons. The molecule has 158 valence electrons. The van der Waals surface area contributed by atoms with Crippen LogP contribution >= 0.6 is 11.6 Å². The van der Waals surface area contributed by atoms with Crippen LogP contribution in [-0.4, -0.2) is 33.1 Å². The lowest BCUT2D eigenvalue weighted by Crippen LogP contribution is -2.40. The minimum absolute atomic E-state index is 0.262. The molecular weight excluding hydrogens is 398 g/mol. The Labute approximate surface area is 182 Å². The van der Waals surface area contributed by atoms with Gasteiger partial charge in [-0.2, -0.15) is 0 Å². The van der Waals surface area contributed by atoms with Crippen LogP contribution in [0.1, 0.15) is 48.8 Å². The molecule has 3 heterocycles. The number of H-pyrrole nitrogens is 1. The predicted octanol–water partition coefficient (Wildman–Crippen LogP) is 6.10. The second-order valence-corrected chi connectivity index (χ2v) is 9.44. The smallest absolute Gasteiger partial charge is 0.410 e. The van der Waals surface area contributed by atoms with Crippen LogP contribution in [0.25, 0.3) is 22.0 Å². The molecular formula is C24H28ClN3O2. The summed E-state index contributed by atoms with van der Waals surface area (Å²) in [6.07, 6.45) is 0.513. The van der Waals surface area contributed by atoms with E-state index in [2.05, 4.69) is 42.0 Å². The third-order valence-electron chi connectivity index (χ3n) is 5.77. The van der Waals surface area contributed by atoms with Gasteiger partial charge in [-0.25, -0.2) is 9.78 Å². The fourth-order valence-electron chi connectivity index (χ4n) is 4.28. The summed E-state index contributed by atoms with van der Waals surface area (Å²) >= 11 is 6.46. The normalized spacial score (nSPS) is 14.2. The molecule has 0 saturated carbocycles. The van der Waals surface area contributed by atoms with Gasteiger partial charge in [-0.1, -0.05) is 29.8 Å². The Bertz CT molecular complexity index is 1160. The van der Waals surface area contributed by atoms with Gasteiger partial charge in [-0.3, -0.25) is 0 Å². The number of carbonyl (C=O) groups is 1. The molecule has 0 aliphatic carbocycles. The number of pyridine rings is 1. The molecule has 0 saturated heterocycles. The summed E-state index contributed by atoms with van der Waals surface area (Å²) in [6, 6.07) is 6.31. The van der Waals surface area contributed by atoms with Gasteiger partial charge in [0, 0.05) is 35.4 Å². The monoisotopic (exact) mass is 425 g/mol. The SMILES string of the molecule is Cc1nc(Cl)c2[nH]c(C)c(C)c2c1-c1cccc2c1CCN(C(=O)OC(C)(C)C)C2. The fourth-order valence-corrected chi connectivity index (χ4v) is 4.55. The summed E-state index contributed by atoms with van der Waals surface area (Å²) in [5.41, 5.74) is 8.30. The van der Waals surface area contributed by atoms with Gasteiger partial charge in [-0.05, 0) is 70.2 Å². The quantitative estimate of drug-likeness (QED) is 0.479. The number of hydrogen-bond acceptors (Lipinski definition) is 3. The Morgan fingerprint density at radius 3 is 2.67 bits per heavy atom. The van der Waals surface area contributed by atoms with Gasteiger partial charge in [0.1, 0.15) is 5.60 Å². The summed E-state index contributed by atoms with van der Waals surface area (Å²) < 4.78 is 5.57. The van der Waals surface area contributed by atoms with E-state index in [9.17, 15) is 4.79 Å². The minimum Gasteiger partial charge on any atom is -0.444 e. The number of aryl methyl sites for hydroxylation is 3. The average molecular weight is 426 g/mol. The highest BCUT2D eigenvalue weighted by Crippen LogP contribution is 2.40. The third-order valence-corrected chi connectivity index (χ3v) is 6.04. The molecule has 4 rings (SSSR count). The fraction of sp³-hybridized carbons (Fsp3) is 0.417. The maximum atomic E-state index is 12.6. The molecule has 1 aliphatic rings. The zero-order chi connectivity index (χ0) is 21.8. The number of benzene rings is 1. The summed E-state index contributed by atoms with van der Waals surface area (Å²) in [6.45, 7) is 13.0. The summed E-state index contributed by atoms with van der Waals surface area (Å²) in [5, 5.41) is 1.64. The van der Waals surface area contributed by atoms with Crippen molar-refractivity contribution in [3.8, 4) is 11.1 Å². The molecule has 3 aromatic rings. The zero-order valence-corrected chi connectivity index (χ0v) is 19.2. The van der Waals surface area contributed by atoms with Gasteiger partial charge < -0.3 is 14.6 Å². The van der Waals surface area contributed by atoms with Crippen LogP contribution in [-0.2, 0) is 17.7 Å². The van der Waals surface area contributed by atoms with Gasteiger partial charge in [0.2, 0.25) is 0 Å². The number of aromatic nitrogens is 2. The molecule has 0 spiro atoms. The molecule has 2 aromatic heterocycles. The maximum Gasteiger partial charge on any atom is 0.410 e. The van der Waals surface area contributed by atoms with Crippen molar-refractivity contribution in [2.24, 2.45) is 0 Å². The average Bonchev–Trinajstić information content (AvgIpc) is 2.96. The van der Waals surface area contributed by atoms with Crippen molar-refractivity contribution >= 4 is 28.6 Å². The Balaban J connectivity index is 1.80. The number of nitrogens with one attached hydrogen (secondary N) is 1.